The van der Waals surface area contributed by atoms with Crippen LogP contribution in [-0.4, -0.2) is 59.8 Å². The smallest absolute Gasteiger partial charge is 0.218 e. The van der Waals surface area contributed by atoms with Gasteiger partial charge in [-0.3, -0.25) is 14.7 Å². The van der Waals surface area contributed by atoms with E-state index in [9.17, 15) is 19.4 Å². The Labute approximate surface area is 214 Å². The van der Waals surface area contributed by atoms with Crippen molar-refractivity contribution in [2.24, 2.45) is 0 Å². The number of aliphatic hydroxyl groups excluding tert-OH is 1. The first kappa shape index (κ1) is 25.5. The monoisotopic (exact) mass is 510 g/mol. The zero-order valence-electron chi connectivity index (χ0n) is 20.1. The molecular formula is C27H28ClFN4O3. The Kier molecular flexibility index (Phi) is 7.76. The number of hydrogen-bond acceptors (Lipinski definition) is 6. The summed E-state index contributed by atoms with van der Waals surface area (Å²) in [7, 11) is 3.66. The van der Waals surface area contributed by atoms with Gasteiger partial charge in [0.05, 0.1) is 28.7 Å². The van der Waals surface area contributed by atoms with Crippen molar-refractivity contribution in [1.82, 2.24) is 9.88 Å². The second kappa shape index (κ2) is 11.0. The lowest BCUT2D eigenvalue weighted by Gasteiger charge is -2.31. The number of carbonyl (C=O) groups is 1. The Morgan fingerprint density at radius 2 is 1.75 bits per heavy atom. The number of aliphatic hydroxyl groups is 1. The van der Waals surface area contributed by atoms with Crippen LogP contribution in [0.1, 0.15) is 12.8 Å². The second-order valence-electron chi connectivity index (χ2n) is 8.94. The number of piperidine rings is 1. The van der Waals surface area contributed by atoms with Gasteiger partial charge < -0.3 is 20.0 Å². The molecule has 2 aromatic carbocycles. The van der Waals surface area contributed by atoms with Crippen LogP contribution in [0.15, 0.2) is 61.2 Å². The predicted octanol–water partition coefficient (Wildman–Crippen LogP) is 4.87. The van der Waals surface area contributed by atoms with Crippen molar-refractivity contribution in [1.29, 1.82) is 0 Å². The quantitative estimate of drug-likeness (QED) is 0.441. The van der Waals surface area contributed by atoms with Gasteiger partial charge >= 0.3 is 0 Å². The van der Waals surface area contributed by atoms with Crippen LogP contribution in [0.5, 0.6) is 5.75 Å². The van der Waals surface area contributed by atoms with Gasteiger partial charge in [-0.1, -0.05) is 17.7 Å². The molecule has 0 saturated carbocycles. The van der Waals surface area contributed by atoms with Gasteiger partial charge in [-0.25, -0.2) is 4.39 Å². The van der Waals surface area contributed by atoms with E-state index in [0.717, 1.165) is 5.69 Å². The summed E-state index contributed by atoms with van der Waals surface area (Å²) in [6.07, 6.45) is 8.27. The van der Waals surface area contributed by atoms with Crippen molar-refractivity contribution in [2.75, 3.05) is 37.0 Å². The number of amides is 1. The number of phenolic OH excluding ortho intramolecular Hbond substituents is 1. The highest BCUT2D eigenvalue weighted by atomic mass is 35.5. The number of pyridine rings is 1. The summed E-state index contributed by atoms with van der Waals surface area (Å²) in [5, 5.41) is 21.2. The van der Waals surface area contributed by atoms with Gasteiger partial charge in [0.1, 0.15) is 11.6 Å². The molecule has 2 heterocycles. The van der Waals surface area contributed by atoms with Crippen molar-refractivity contribution < 1.29 is 19.4 Å². The number of aromatic hydroxyl groups is 1. The van der Waals surface area contributed by atoms with E-state index >= 15 is 0 Å². The van der Waals surface area contributed by atoms with Gasteiger partial charge in [-0.2, -0.15) is 0 Å². The molecule has 1 aliphatic heterocycles. The minimum Gasteiger partial charge on any atom is -0.507 e. The second-order valence-corrected chi connectivity index (χ2v) is 9.35. The van der Waals surface area contributed by atoms with Crippen LogP contribution in [0.25, 0.3) is 22.3 Å². The first-order valence-electron chi connectivity index (χ1n) is 11.6. The van der Waals surface area contributed by atoms with E-state index in [2.05, 4.69) is 9.88 Å². The molecule has 1 aromatic heterocycles. The Morgan fingerprint density at radius 1 is 1.06 bits per heavy atom. The van der Waals surface area contributed by atoms with E-state index in [1.807, 2.05) is 20.2 Å². The highest BCUT2D eigenvalue weighted by molar-refractivity contribution is 6.34. The molecule has 1 saturated heterocycles. The van der Waals surface area contributed by atoms with Gasteiger partial charge in [-0.05, 0) is 48.7 Å². The van der Waals surface area contributed by atoms with Crippen LogP contribution in [0.4, 0.5) is 15.8 Å². The summed E-state index contributed by atoms with van der Waals surface area (Å²) in [5.74, 6) is -0.624. The van der Waals surface area contributed by atoms with E-state index < -0.39 is 5.82 Å². The number of halogens is 2. The summed E-state index contributed by atoms with van der Waals surface area (Å²) >= 11 is 6.48. The molecule has 0 aliphatic carbocycles. The summed E-state index contributed by atoms with van der Waals surface area (Å²) in [4.78, 5) is 21.1. The first-order chi connectivity index (χ1) is 17.3. The Morgan fingerprint density at radius 3 is 2.39 bits per heavy atom. The largest absolute Gasteiger partial charge is 0.507 e. The molecule has 0 unspecified atom stereocenters. The van der Waals surface area contributed by atoms with E-state index in [0.29, 0.717) is 54.7 Å². The minimum atomic E-state index is -0.520. The standard InChI is InChI=1S/C27H28ClFN4O3/c1-31(2)9-10-33(17-34)26-4-3-18(12-25(26)28)23-13-20(29)14-24(27(23)36)19-11-21(16-30-15-19)32-7-5-22(35)6-8-32/h3-4,9-17,22,35-36H,5-8H2,1-2H3/b10-9-. The molecule has 0 radical (unpaired) electrons. The van der Waals surface area contributed by atoms with Gasteiger partial charge in [0.2, 0.25) is 6.41 Å². The lowest BCUT2D eigenvalue weighted by Crippen LogP contribution is -2.35. The fourth-order valence-electron chi connectivity index (χ4n) is 4.17. The van der Waals surface area contributed by atoms with Crippen molar-refractivity contribution in [2.45, 2.75) is 18.9 Å². The third kappa shape index (κ3) is 5.61. The van der Waals surface area contributed by atoms with Gasteiger partial charge in [0.15, 0.2) is 0 Å². The molecule has 1 fully saturated rings. The van der Waals surface area contributed by atoms with Crippen LogP contribution in [-0.2, 0) is 4.79 Å². The highest BCUT2D eigenvalue weighted by Crippen LogP contribution is 2.41. The molecule has 1 aliphatic rings. The molecule has 7 nitrogen and oxygen atoms in total. The summed E-state index contributed by atoms with van der Waals surface area (Å²) in [6, 6.07) is 9.28. The number of rotatable bonds is 7. The zero-order chi connectivity index (χ0) is 25.8. The molecule has 9 heteroatoms. The SMILES string of the molecule is CN(C)/C=C\N(C=O)c1ccc(-c2cc(F)cc(-c3cncc(N4CCC(O)CC4)c3)c2O)cc1Cl. The maximum atomic E-state index is 14.7. The number of aromatic nitrogens is 1. The molecule has 188 valence electrons. The lowest BCUT2D eigenvalue weighted by molar-refractivity contribution is -0.106. The van der Waals surface area contributed by atoms with Gasteiger partial charge in [0.25, 0.3) is 0 Å². The third-order valence-corrected chi connectivity index (χ3v) is 6.42. The minimum absolute atomic E-state index is 0.104. The third-order valence-electron chi connectivity index (χ3n) is 6.11. The van der Waals surface area contributed by atoms with Crippen molar-refractivity contribution >= 4 is 29.4 Å². The predicted molar refractivity (Wildman–Crippen MR) is 141 cm³/mol. The van der Waals surface area contributed by atoms with E-state index in [1.54, 1.807) is 47.9 Å². The summed E-state index contributed by atoms with van der Waals surface area (Å²) < 4.78 is 14.7. The average Bonchev–Trinajstić information content (AvgIpc) is 2.86. The fraction of sp³-hybridized carbons (Fsp3) is 0.259. The fourth-order valence-corrected chi connectivity index (χ4v) is 4.45. The molecular weight excluding hydrogens is 483 g/mol. The van der Waals surface area contributed by atoms with Crippen LogP contribution in [0, 0.1) is 5.82 Å². The molecule has 36 heavy (non-hydrogen) atoms. The Bertz CT molecular complexity index is 1280. The van der Waals surface area contributed by atoms with Crippen molar-refractivity contribution in [3.05, 3.63) is 72.0 Å². The Balaban J connectivity index is 1.69. The van der Waals surface area contributed by atoms with Crippen molar-refractivity contribution in [3.63, 3.8) is 0 Å². The maximum absolute atomic E-state index is 14.7. The van der Waals surface area contributed by atoms with Crippen LogP contribution in [0.3, 0.4) is 0 Å². The van der Waals surface area contributed by atoms with Gasteiger partial charge in [-0.15, -0.1) is 0 Å². The maximum Gasteiger partial charge on any atom is 0.218 e. The number of carbonyl (C=O) groups excluding carboxylic acids is 1. The number of nitrogens with zero attached hydrogens (tertiary/aromatic N) is 4. The van der Waals surface area contributed by atoms with E-state index in [-0.39, 0.29) is 22.4 Å². The number of anilines is 2. The summed E-state index contributed by atoms with van der Waals surface area (Å²) in [5.41, 5.74) is 2.94. The molecule has 0 atom stereocenters. The summed E-state index contributed by atoms with van der Waals surface area (Å²) in [6.45, 7) is 1.39. The van der Waals surface area contributed by atoms with E-state index in [1.165, 1.54) is 17.0 Å². The number of benzene rings is 2. The lowest BCUT2D eigenvalue weighted by atomic mass is 9.97. The van der Waals surface area contributed by atoms with Crippen LogP contribution in [0.2, 0.25) is 5.02 Å². The molecule has 0 spiro atoms. The molecule has 0 bridgehead atoms. The molecule has 3 aromatic rings. The number of hydrogen-bond donors (Lipinski definition) is 2. The van der Waals surface area contributed by atoms with Crippen LogP contribution >= 0.6 is 11.6 Å². The van der Waals surface area contributed by atoms with Crippen LogP contribution < -0.4 is 9.80 Å². The molecule has 2 N–H and O–H groups in total. The first-order valence-corrected chi connectivity index (χ1v) is 11.9. The van der Waals surface area contributed by atoms with Crippen molar-refractivity contribution in [3.8, 4) is 28.0 Å². The topological polar surface area (TPSA) is 80.1 Å². The average molecular weight is 511 g/mol. The molecule has 1 amide bonds. The highest BCUT2D eigenvalue weighted by Gasteiger charge is 2.20. The molecule has 4 rings (SSSR count). The normalized spacial score (nSPS) is 14.3. The Hall–Kier alpha value is -3.62. The van der Waals surface area contributed by atoms with E-state index in [4.69, 9.17) is 11.6 Å². The van der Waals surface area contributed by atoms with Gasteiger partial charge in [0, 0.05) is 62.5 Å². The zero-order valence-corrected chi connectivity index (χ0v) is 20.9. The number of phenols is 1.